The Balaban J connectivity index is 1.26. The van der Waals surface area contributed by atoms with Crippen LogP contribution in [0.4, 0.5) is 0 Å². The molecule has 2 aliphatic heterocycles. The second-order valence-electron chi connectivity index (χ2n) is 13.0. The second kappa shape index (κ2) is 10.7. The molecule has 4 atom stereocenters. The van der Waals surface area contributed by atoms with Crippen LogP contribution in [0.5, 0.6) is 11.5 Å². The number of benzene rings is 3. The number of esters is 1. The summed E-state index contributed by atoms with van der Waals surface area (Å²) in [5.74, 6) is 2.03. The van der Waals surface area contributed by atoms with Crippen LogP contribution in [-0.2, 0) is 39.3 Å². The first-order valence-corrected chi connectivity index (χ1v) is 16.0. The Labute approximate surface area is 258 Å². The molecule has 0 radical (unpaired) electrons. The smallest absolute Gasteiger partial charge is 0.337 e. The fraction of sp³-hybridized carbons (Fsp3) is 0.432. The summed E-state index contributed by atoms with van der Waals surface area (Å²) in [6.07, 6.45) is 3.37. The number of carbonyl (C=O) groups is 1. The monoisotopic (exact) mass is 593 g/mol. The summed E-state index contributed by atoms with van der Waals surface area (Å²) in [5, 5.41) is 13.1. The highest BCUT2D eigenvalue weighted by Crippen LogP contribution is 2.66. The summed E-state index contributed by atoms with van der Waals surface area (Å²) in [5.41, 5.74) is 2.65. The van der Waals surface area contributed by atoms with Crippen molar-refractivity contribution in [3.05, 3.63) is 106 Å². The second-order valence-corrected chi connectivity index (χ2v) is 13.0. The quantitative estimate of drug-likeness (QED) is 0.312. The van der Waals surface area contributed by atoms with E-state index in [-0.39, 0.29) is 25.7 Å². The Bertz CT molecular complexity index is 1600. The standard InChI is InChI=1S/C37H39NO6/c1-2-41-35(39)28-20-37(40)30-19-27-15-16-29(42-22-25-9-5-3-6-10-25)33-31(27)36(37,17-18-38(30)21-24-13-14-24)34(44-33)32(28)43-23-26-11-7-4-8-12-26/h3-12,15-16,24,30,34,40H,2,13-14,17-23H2,1H3/t30-,34?,36+,37-/m1/s1. The SMILES string of the molecule is CCOC(=O)C1=C(OCc2ccccc2)C2Oc3c(OCc4ccccc4)ccc4c3[C@@]23CCN(CC2CC2)[C@H](C4)[C@]3(O)C1. The minimum Gasteiger partial charge on any atom is -0.489 e. The normalized spacial score (nSPS) is 28.2. The van der Waals surface area contributed by atoms with Crippen molar-refractivity contribution in [2.45, 2.75) is 75.4 Å². The van der Waals surface area contributed by atoms with Crippen LogP contribution in [0.15, 0.2) is 84.1 Å². The highest BCUT2D eigenvalue weighted by molar-refractivity contribution is 5.90. The number of rotatable bonds is 10. The highest BCUT2D eigenvalue weighted by atomic mass is 16.6. The van der Waals surface area contributed by atoms with Crippen molar-refractivity contribution in [2.24, 2.45) is 5.92 Å². The lowest BCUT2D eigenvalue weighted by atomic mass is 9.49. The average molecular weight is 594 g/mol. The Morgan fingerprint density at radius 2 is 1.68 bits per heavy atom. The van der Waals surface area contributed by atoms with Crippen molar-refractivity contribution in [1.29, 1.82) is 0 Å². The summed E-state index contributed by atoms with van der Waals surface area (Å²) < 4.78 is 25.6. The van der Waals surface area contributed by atoms with E-state index in [1.54, 1.807) is 6.92 Å². The molecule has 44 heavy (non-hydrogen) atoms. The number of nitrogens with zero attached hydrogens (tertiary/aromatic N) is 1. The molecule has 7 heteroatoms. The zero-order valence-corrected chi connectivity index (χ0v) is 25.2. The van der Waals surface area contributed by atoms with Crippen molar-refractivity contribution in [3.8, 4) is 11.5 Å². The van der Waals surface area contributed by atoms with E-state index in [4.69, 9.17) is 18.9 Å². The van der Waals surface area contributed by atoms with Crippen LogP contribution < -0.4 is 9.47 Å². The number of hydrogen-bond acceptors (Lipinski definition) is 7. The number of aliphatic hydroxyl groups is 1. The maximum atomic E-state index is 13.6. The first-order valence-electron chi connectivity index (χ1n) is 16.0. The largest absolute Gasteiger partial charge is 0.489 e. The molecule has 0 aromatic heterocycles. The summed E-state index contributed by atoms with van der Waals surface area (Å²) in [6, 6.07) is 24.0. The molecular formula is C37H39NO6. The number of carbonyl (C=O) groups excluding carboxylic acids is 1. The van der Waals surface area contributed by atoms with E-state index < -0.39 is 23.1 Å². The molecule has 3 aliphatic carbocycles. The summed E-state index contributed by atoms with van der Waals surface area (Å²) in [7, 11) is 0. The van der Waals surface area contributed by atoms with Crippen molar-refractivity contribution >= 4 is 5.97 Å². The van der Waals surface area contributed by atoms with E-state index in [0.29, 0.717) is 48.2 Å². The van der Waals surface area contributed by atoms with E-state index in [9.17, 15) is 9.90 Å². The Hall–Kier alpha value is -3.81. The zero-order valence-electron chi connectivity index (χ0n) is 25.2. The van der Waals surface area contributed by atoms with Crippen molar-refractivity contribution < 1.29 is 28.8 Å². The molecule has 3 aromatic rings. The van der Waals surface area contributed by atoms with Gasteiger partial charge in [0.15, 0.2) is 17.6 Å². The van der Waals surface area contributed by atoms with Crippen LogP contribution in [0, 0.1) is 5.92 Å². The summed E-state index contributed by atoms with van der Waals surface area (Å²) in [6.45, 7) is 4.56. The van der Waals surface area contributed by atoms with Gasteiger partial charge in [-0.25, -0.2) is 4.79 Å². The summed E-state index contributed by atoms with van der Waals surface area (Å²) >= 11 is 0. The maximum absolute atomic E-state index is 13.6. The van der Waals surface area contributed by atoms with Crippen molar-refractivity contribution in [3.63, 3.8) is 0 Å². The fourth-order valence-corrected chi connectivity index (χ4v) is 8.28. The highest BCUT2D eigenvalue weighted by Gasteiger charge is 2.74. The minimum atomic E-state index is -1.23. The average Bonchev–Trinajstić information content (AvgIpc) is 3.79. The number of likely N-dealkylation sites (tertiary alicyclic amines) is 1. The molecule has 5 aliphatic rings. The van der Waals surface area contributed by atoms with Crippen LogP contribution in [0.25, 0.3) is 0 Å². The molecule has 1 unspecified atom stereocenters. The van der Waals surface area contributed by atoms with Gasteiger partial charge in [0.1, 0.15) is 19.0 Å². The Kier molecular flexibility index (Phi) is 6.72. The molecule has 2 fully saturated rings. The third-order valence-electron chi connectivity index (χ3n) is 10.5. The van der Waals surface area contributed by atoms with Crippen LogP contribution >= 0.6 is 0 Å². The molecule has 3 aromatic carbocycles. The zero-order chi connectivity index (χ0) is 29.9. The van der Waals surface area contributed by atoms with Crippen molar-refractivity contribution in [2.75, 3.05) is 19.7 Å². The van der Waals surface area contributed by atoms with E-state index in [1.165, 1.54) is 18.4 Å². The molecule has 1 saturated heterocycles. The molecule has 1 saturated carbocycles. The predicted octanol–water partition coefficient (Wildman–Crippen LogP) is 5.47. The number of piperidine rings is 1. The van der Waals surface area contributed by atoms with Gasteiger partial charge >= 0.3 is 5.97 Å². The van der Waals surface area contributed by atoms with Crippen LogP contribution in [0.1, 0.15) is 54.9 Å². The maximum Gasteiger partial charge on any atom is 0.337 e. The molecule has 0 amide bonds. The van der Waals surface area contributed by atoms with Gasteiger partial charge in [-0.1, -0.05) is 66.7 Å². The number of hydrogen-bond donors (Lipinski definition) is 1. The third kappa shape index (κ3) is 4.27. The minimum absolute atomic E-state index is 0.141. The topological polar surface area (TPSA) is 77.5 Å². The molecule has 228 valence electrons. The van der Waals surface area contributed by atoms with E-state index >= 15 is 0 Å². The van der Waals surface area contributed by atoms with Gasteiger partial charge in [0.2, 0.25) is 0 Å². The van der Waals surface area contributed by atoms with Gasteiger partial charge < -0.3 is 24.1 Å². The van der Waals surface area contributed by atoms with E-state index in [2.05, 4.69) is 11.0 Å². The molecule has 7 nitrogen and oxygen atoms in total. The molecule has 1 spiro atoms. The van der Waals surface area contributed by atoms with Crippen LogP contribution in [0.3, 0.4) is 0 Å². The van der Waals surface area contributed by atoms with Crippen molar-refractivity contribution in [1.82, 2.24) is 4.90 Å². The van der Waals surface area contributed by atoms with E-state index in [1.807, 2.05) is 66.7 Å². The predicted molar refractivity (Wildman–Crippen MR) is 164 cm³/mol. The first-order chi connectivity index (χ1) is 21.5. The molecular weight excluding hydrogens is 554 g/mol. The van der Waals surface area contributed by atoms with Gasteiger partial charge in [-0.15, -0.1) is 0 Å². The van der Waals surface area contributed by atoms with Gasteiger partial charge in [0, 0.05) is 24.6 Å². The molecule has 1 N–H and O–H groups in total. The summed E-state index contributed by atoms with van der Waals surface area (Å²) in [4.78, 5) is 16.1. The molecule has 2 bridgehead atoms. The van der Waals surface area contributed by atoms with Gasteiger partial charge in [-0.05, 0) is 67.8 Å². The lowest BCUT2D eigenvalue weighted by molar-refractivity contribution is -0.177. The Morgan fingerprint density at radius 1 is 0.977 bits per heavy atom. The molecule has 8 rings (SSSR count). The first kappa shape index (κ1) is 27.7. The van der Waals surface area contributed by atoms with Crippen LogP contribution in [0.2, 0.25) is 0 Å². The molecule has 2 heterocycles. The van der Waals surface area contributed by atoms with Gasteiger partial charge in [-0.2, -0.15) is 0 Å². The van der Waals surface area contributed by atoms with Gasteiger partial charge in [0.25, 0.3) is 0 Å². The lowest BCUT2D eigenvalue weighted by Crippen LogP contribution is -2.75. The fourth-order valence-electron chi connectivity index (χ4n) is 8.28. The Morgan fingerprint density at radius 3 is 2.36 bits per heavy atom. The lowest BCUT2D eigenvalue weighted by Gasteiger charge is -2.62. The van der Waals surface area contributed by atoms with E-state index in [0.717, 1.165) is 29.8 Å². The third-order valence-corrected chi connectivity index (χ3v) is 10.5. The number of ether oxygens (including phenoxy) is 4. The van der Waals surface area contributed by atoms with Crippen LogP contribution in [-0.4, -0.2) is 53.4 Å². The van der Waals surface area contributed by atoms with Gasteiger partial charge in [0.05, 0.1) is 23.2 Å². The van der Waals surface area contributed by atoms with Gasteiger partial charge in [-0.3, -0.25) is 4.90 Å².